The molecule has 2 N–H and O–H groups in total. The maximum Gasteiger partial charge on any atom is 0.256 e. The van der Waals surface area contributed by atoms with Gasteiger partial charge in [0.25, 0.3) is 6.43 Å². The van der Waals surface area contributed by atoms with Crippen molar-refractivity contribution in [2.75, 3.05) is 0 Å². The van der Waals surface area contributed by atoms with E-state index in [9.17, 15) is 8.78 Å². The Hall–Kier alpha value is -0.180. The van der Waals surface area contributed by atoms with Gasteiger partial charge < -0.3 is 5.73 Å². The SMILES string of the molecule is CC1(C(C)(N)C(F)F)CCCCC1. The summed E-state index contributed by atoms with van der Waals surface area (Å²) in [7, 11) is 0. The van der Waals surface area contributed by atoms with E-state index in [1.54, 1.807) is 0 Å². The van der Waals surface area contributed by atoms with Crippen molar-refractivity contribution in [3.8, 4) is 0 Å². The average Bonchev–Trinajstić information content (AvgIpc) is 2.05. The molecule has 0 spiro atoms. The lowest BCUT2D eigenvalue weighted by atomic mass is 9.64. The predicted molar refractivity (Wildman–Crippen MR) is 49.8 cm³/mol. The van der Waals surface area contributed by atoms with Crippen molar-refractivity contribution in [3.05, 3.63) is 0 Å². The van der Waals surface area contributed by atoms with Gasteiger partial charge in [-0.15, -0.1) is 0 Å². The van der Waals surface area contributed by atoms with E-state index < -0.39 is 12.0 Å². The fourth-order valence-corrected chi connectivity index (χ4v) is 2.13. The molecule has 78 valence electrons. The molecule has 0 saturated heterocycles. The molecule has 1 aliphatic rings. The third-order valence-electron chi connectivity index (χ3n) is 3.71. The van der Waals surface area contributed by atoms with Crippen LogP contribution >= 0.6 is 0 Å². The van der Waals surface area contributed by atoms with Crippen molar-refractivity contribution in [2.45, 2.75) is 57.9 Å². The molecular formula is C10H19F2N. The van der Waals surface area contributed by atoms with Gasteiger partial charge in [-0.3, -0.25) is 0 Å². The zero-order valence-corrected chi connectivity index (χ0v) is 8.45. The summed E-state index contributed by atoms with van der Waals surface area (Å²) in [4.78, 5) is 0. The van der Waals surface area contributed by atoms with Crippen LogP contribution in [0, 0.1) is 5.41 Å². The van der Waals surface area contributed by atoms with E-state index in [0.717, 1.165) is 32.1 Å². The lowest BCUT2D eigenvalue weighted by Crippen LogP contribution is -2.57. The minimum absolute atomic E-state index is 0.376. The highest BCUT2D eigenvalue weighted by atomic mass is 19.3. The second-order valence-corrected chi connectivity index (χ2v) is 4.70. The molecule has 1 unspecified atom stereocenters. The molecule has 1 fully saturated rings. The molecule has 13 heavy (non-hydrogen) atoms. The first kappa shape index (κ1) is 10.9. The van der Waals surface area contributed by atoms with Gasteiger partial charge in [-0.1, -0.05) is 26.2 Å². The number of hydrogen-bond donors (Lipinski definition) is 1. The lowest BCUT2D eigenvalue weighted by molar-refractivity contribution is -0.0324. The van der Waals surface area contributed by atoms with E-state index in [4.69, 9.17) is 5.73 Å². The largest absolute Gasteiger partial charge is 0.320 e. The molecule has 0 aromatic heterocycles. The number of halogens is 2. The molecule has 0 amide bonds. The fourth-order valence-electron chi connectivity index (χ4n) is 2.13. The predicted octanol–water partition coefficient (Wildman–Crippen LogP) is 2.94. The molecule has 1 atom stereocenters. The number of nitrogens with two attached hydrogens (primary N) is 1. The Bertz CT molecular complexity index is 172. The van der Waals surface area contributed by atoms with Crippen molar-refractivity contribution in [1.82, 2.24) is 0 Å². The van der Waals surface area contributed by atoms with Crippen LogP contribution in [-0.4, -0.2) is 12.0 Å². The van der Waals surface area contributed by atoms with Crippen molar-refractivity contribution in [2.24, 2.45) is 11.1 Å². The van der Waals surface area contributed by atoms with Crippen LogP contribution < -0.4 is 5.73 Å². The van der Waals surface area contributed by atoms with Crippen LogP contribution in [0.15, 0.2) is 0 Å². The van der Waals surface area contributed by atoms with Gasteiger partial charge in [-0.25, -0.2) is 8.78 Å². The highest BCUT2D eigenvalue weighted by molar-refractivity contribution is 4.99. The Labute approximate surface area is 78.7 Å². The summed E-state index contributed by atoms with van der Waals surface area (Å²) < 4.78 is 25.4. The fraction of sp³-hybridized carbons (Fsp3) is 1.00. The van der Waals surface area contributed by atoms with E-state index in [1.165, 1.54) is 6.92 Å². The first-order valence-electron chi connectivity index (χ1n) is 4.97. The summed E-state index contributed by atoms with van der Waals surface area (Å²) in [5.74, 6) is 0. The summed E-state index contributed by atoms with van der Waals surface area (Å²) in [5.41, 5.74) is 4.02. The summed E-state index contributed by atoms with van der Waals surface area (Å²) in [6, 6.07) is 0. The minimum Gasteiger partial charge on any atom is -0.320 e. The third-order valence-corrected chi connectivity index (χ3v) is 3.71. The van der Waals surface area contributed by atoms with Gasteiger partial charge in [0.05, 0.1) is 5.54 Å². The van der Waals surface area contributed by atoms with E-state index in [1.807, 2.05) is 6.92 Å². The van der Waals surface area contributed by atoms with Gasteiger partial charge in [0.1, 0.15) is 0 Å². The first-order chi connectivity index (χ1) is 5.90. The Morgan fingerprint density at radius 3 is 2.08 bits per heavy atom. The normalized spacial score (nSPS) is 27.2. The van der Waals surface area contributed by atoms with E-state index >= 15 is 0 Å². The molecule has 0 aromatic rings. The second kappa shape index (κ2) is 3.52. The maximum atomic E-state index is 12.7. The van der Waals surface area contributed by atoms with Crippen LogP contribution in [0.25, 0.3) is 0 Å². The summed E-state index contributed by atoms with van der Waals surface area (Å²) in [6.45, 7) is 3.39. The third kappa shape index (κ3) is 1.85. The van der Waals surface area contributed by atoms with Gasteiger partial charge in [0.2, 0.25) is 0 Å². The van der Waals surface area contributed by atoms with Crippen molar-refractivity contribution < 1.29 is 8.78 Å². The second-order valence-electron chi connectivity index (χ2n) is 4.70. The van der Waals surface area contributed by atoms with Crippen LogP contribution in [0.4, 0.5) is 8.78 Å². The standard InChI is InChI=1S/C10H19F2N/c1-9(6-4-3-5-7-9)10(2,13)8(11)12/h8H,3-7,13H2,1-2H3. The van der Waals surface area contributed by atoms with Gasteiger partial charge in [0.15, 0.2) is 0 Å². The van der Waals surface area contributed by atoms with Gasteiger partial charge in [-0.05, 0) is 25.2 Å². The Balaban J connectivity index is 2.76. The molecule has 1 saturated carbocycles. The monoisotopic (exact) mass is 191 g/mol. The Morgan fingerprint density at radius 1 is 1.23 bits per heavy atom. The topological polar surface area (TPSA) is 26.0 Å². The molecule has 0 aliphatic heterocycles. The van der Waals surface area contributed by atoms with E-state index in [0.29, 0.717) is 0 Å². The van der Waals surface area contributed by atoms with E-state index in [2.05, 4.69) is 0 Å². The van der Waals surface area contributed by atoms with Crippen LogP contribution in [0.3, 0.4) is 0 Å². The molecule has 1 nitrogen and oxygen atoms in total. The summed E-state index contributed by atoms with van der Waals surface area (Å²) in [5, 5.41) is 0. The van der Waals surface area contributed by atoms with Gasteiger partial charge in [0, 0.05) is 0 Å². The molecule has 3 heteroatoms. The number of alkyl halides is 2. The lowest BCUT2D eigenvalue weighted by Gasteiger charge is -2.46. The van der Waals surface area contributed by atoms with Crippen molar-refractivity contribution in [3.63, 3.8) is 0 Å². The zero-order valence-electron chi connectivity index (χ0n) is 8.45. The average molecular weight is 191 g/mol. The molecule has 1 rings (SSSR count). The van der Waals surface area contributed by atoms with Crippen LogP contribution in [0.2, 0.25) is 0 Å². The molecule has 0 bridgehead atoms. The van der Waals surface area contributed by atoms with Crippen LogP contribution in [-0.2, 0) is 0 Å². The smallest absolute Gasteiger partial charge is 0.256 e. The number of hydrogen-bond acceptors (Lipinski definition) is 1. The van der Waals surface area contributed by atoms with E-state index in [-0.39, 0.29) is 5.41 Å². The molecule has 0 heterocycles. The van der Waals surface area contributed by atoms with Gasteiger partial charge >= 0.3 is 0 Å². The summed E-state index contributed by atoms with van der Waals surface area (Å²) in [6.07, 6.45) is 2.49. The molecular weight excluding hydrogens is 172 g/mol. The van der Waals surface area contributed by atoms with Crippen LogP contribution in [0.1, 0.15) is 46.0 Å². The molecule has 1 aliphatic carbocycles. The zero-order chi connectivity index (χ0) is 10.1. The minimum atomic E-state index is -2.42. The van der Waals surface area contributed by atoms with Crippen molar-refractivity contribution >= 4 is 0 Å². The highest BCUT2D eigenvalue weighted by Gasteiger charge is 2.48. The molecule has 0 radical (unpaired) electrons. The number of rotatable bonds is 2. The molecule has 0 aromatic carbocycles. The Morgan fingerprint density at radius 2 is 1.69 bits per heavy atom. The van der Waals surface area contributed by atoms with Crippen LogP contribution in [0.5, 0.6) is 0 Å². The summed E-state index contributed by atoms with van der Waals surface area (Å²) >= 11 is 0. The van der Waals surface area contributed by atoms with Crippen molar-refractivity contribution in [1.29, 1.82) is 0 Å². The highest BCUT2D eigenvalue weighted by Crippen LogP contribution is 2.45. The van der Waals surface area contributed by atoms with Gasteiger partial charge in [-0.2, -0.15) is 0 Å². The Kier molecular flexibility index (Phi) is 2.95. The quantitative estimate of drug-likeness (QED) is 0.713. The first-order valence-corrected chi connectivity index (χ1v) is 4.97. The maximum absolute atomic E-state index is 12.7.